The number of furan rings is 1. The van der Waals surface area contributed by atoms with Crippen LogP contribution in [0.15, 0.2) is 47.0 Å². The van der Waals surface area contributed by atoms with Gasteiger partial charge in [-0.25, -0.2) is 0 Å². The molecule has 0 atom stereocenters. The van der Waals surface area contributed by atoms with Crippen molar-refractivity contribution in [1.82, 2.24) is 4.98 Å². The van der Waals surface area contributed by atoms with Gasteiger partial charge in [-0.05, 0) is 36.8 Å². The molecule has 0 radical (unpaired) electrons. The molecule has 0 bridgehead atoms. The third-order valence-electron chi connectivity index (χ3n) is 3.25. The zero-order valence-corrected chi connectivity index (χ0v) is 11.4. The maximum Gasteiger partial charge on any atom is 0.433 e. The van der Waals surface area contributed by atoms with Crippen LogP contribution in [-0.2, 0) is 6.54 Å². The van der Waals surface area contributed by atoms with Crippen LogP contribution in [0.3, 0.4) is 0 Å². The summed E-state index contributed by atoms with van der Waals surface area (Å²) in [6, 6.07) is 10.8. The summed E-state index contributed by atoms with van der Waals surface area (Å²) in [4.78, 5) is 14.4. The molecule has 1 N–H and O–H groups in total. The standard InChI is InChI=1S/C15H13N3O3/c1-10-4-6-13(12-3-2-8-16-15(10)12)17-9-11-5-7-14(21-11)18(19)20/h2-8,17H,9H2,1H3. The molecular weight excluding hydrogens is 270 g/mol. The van der Waals surface area contributed by atoms with E-state index in [4.69, 9.17) is 4.42 Å². The summed E-state index contributed by atoms with van der Waals surface area (Å²) < 4.78 is 5.13. The predicted octanol–water partition coefficient (Wildman–Crippen LogP) is 3.66. The van der Waals surface area contributed by atoms with Gasteiger partial charge in [-0.1, -0.05) is 6.07 Å². The van der Waals surface area contributed by atoms with Gasteiger partial charge in [0, 0.05) is 17.3 Å². The van der Waals surface area contributed by atoms with Gasteiger partial charge < -0.3 is 9.73 Å². The molecule has 6 nitrogen and oxygen atoms in total. The summed E-state index contributed by atoms with van der Waals surface area (Å²) in [7, 11) is 0. The summed E-state index contributed by atoms with van der Waals surface area (Å²) in [6.07, 6.45) is 1.76. The van der Waals surface area contributed by atoms with E-state index in [0.29, 0.717) is 12.3 Å². The molecule has 2 aromatic heterocycles. The molecule has 3 aromatic rings. The Morgan fingerprint density at radius 3 is 2.90 bits per heavy atom. The van der Waals surface area contributed by atoms with Crippen molar-refractivity contribution in [3.05, 3.63) is 64.0 Å². The van der Waals surface area contributed by atoms with Crippen molar-refractivity contribution in [1.29, 1.82) is 0 Å². The molecule has 6 heteroatoms. The Morgan fingerprint density at radius 1 is 1.29 bits per heavy atom. The zero-order chi connectivity index (χ0) is 14.8. The fraction of sp³-hybridized carbons (Fsp3) is 0.133. The lowest BCUT2D eigenvalue weighted by molar-refractivity contribution is -0.402. The van der Waals surface area contributed by atoms with E-state index in [-0.39, 0.29) is 5.88 Å². The first kappa shape index (κ1) is 13.1. The number of hydrogen-bond donors (Lipinski definition) is 1. The second-order valence-electron chi connectivity index (χ2n) is 4.68. The minimum Gasteiger partial charge on any atom is -0.404 e. The Bertz CT molecular complexity index is 811. The number of hydrogen-bond acceptors (Lipinski definition) is 5. The van der Waals surface area contributed by atoms with E-state index in [1.165, 1.54) is 6.07 Å². The van der Waals surface area contributed by atoms with Gasteiger partial charge in [-0.15, -0.1) is 0 Å². The van der Waals surface area contributed by atoms with Crippen LogP contribution in [0.5, 0.6) is 0 Å². The van der Waals surface area contributed by atoms with Gasteiger partial charge >= 0.3 is 5.88 Å². The molecule has 0 saturated heterocycles. The lowest BCUT2D eigenvalue weighted by Gasteiger charge is -2.09. The highest BCUT2D eigenvalue weighted by Crippen LogP contribution is 2.25. The Labute approximate surface area is 120 Å². The fourth-order valence-electron chi connectivity index (χ4n) is 2.21. The van der Waals surface area contributed by atoms with Crippen LogP contribution in [0.1, 0.15) is 11.3 Å². The van der Waals surface area contributed by atoms with Crippen LogP contribution in [0.4, 0.5) is 11.6 Å². The average molecular weight is 283 g/mol. The Hall–Kier alpha value is -2.89. The van der Waals surface area contributed by atoms with Gasteiger partial charge in [-0.2, -0.15) is 0 Å². The first-order valence-corrected chi connectivity index (χ1v) is 6.46. The average Bonchev–Trinajstić information content (AvgIpc) is 2.96. The van der Waals surface area contributed by atoms with Crippen molar-refractivity contribution < 1.29 is 9.34 Å². The minimum atomic E-state index is -0.547. The molecule has 0 aliphatic heterocycles. The molecule has 1 aromatic carbocycles. The zero-order valence-electron chi connectivity index (χ0n) is 11.4. The molecular formula is C15H13N3O3. The number of nitrogens with one attached hydrogen (secondary N) is 1. The summed E-state index contributed by atoms with van der Waals surface area (Å²) in [5.74, 6) is 0.265. The maximum absolute atomic E-state index is 10.6. The maximum atomic E-state index is 10.6. The molecule has 3 rings (SSSR count). The largest absolute Gasteiger partial charge is 0.433 e. The van der Waals surface area contributed by atoms with Crippen LogP contribution >= 0.6 is 0 Å². The van der Waals surface area contributed by atoms with Gasteiger partial charge in [0.25, 0.3) is 0 Å². The predicted molar refractivity (Wildman–Crippen MR) is 79.2 cm³/mol. The molecule has 0 saturated carbocycles. The number of aryl methyl sites for hydroxylation is 1. The highest BCUT2D eigenvalue weighted by atomic mass is 16.6. The number of anilines is 1. The molecule has 0 spiro atoms. The molecule has 0 aliphatic rings. The number of aromatic nitrogens is 1. The fourth-order valence-corrected chi connectivity index (χ4v) is 2.21. The van der Waals surface area contributed by atoms with E-state index in [2.05, 4.69) is 10.3 Å². The quantitative estimate of drug-likeness (QED) is 0.583. The number of rotatable bonds is 4. The van der Waals surface area contributed by atoms with Crippen molar-refractivity contribution in [2.75, 3.05) is 5.32 Å². The third kappa shape index (κ3) is 2.55. The second kappa shape index (κ2) is 5.24. The Morgan fingerprint density at radius 2 is 2.14 bits per heavy atom. The van der Waals surface area contributed by atoms with Crippen LogP contribution in [0.25, 0.3) is 10.9 Å². The highest BCUT2D eigenvalue weighted by Gasteiger charge is 2.12. The second-order valence-corrected chi connectivity index (χ2v) is 4.68. The molecule has 21 heavy (non-hydrogen) atoms. The van der Waals surface area contributed by atoms with Crippen LogP contribution in [-0.4, -0.2) is 9.91 Å². The van der Waals surface area contributed by atoms with Gasteiger partial charge in [-0.3, -0.25) is 15.1 Å². The van der Waals surface area contributed by atoms with Crippen LogP contribution in [0, 0.1) is 17.0 Å². The van der Waals surface area contributed by atoms with Crippen molar-refractivity contribution in [3.8, 4) is 0 Å². The Kier molecular flexibility index (Phi) is 3.27. The molecule has 0 fully saturated rings. The summed E-state index contributed by atoms with van der Waals surface area (Å²) in [5.41, 5.74) is 2.96. The summed E-state index contributed by atoms with van der Waals surface area (Å²) in [5, 5.41) is 14.8. The van der Waals surface area contributed by atoms with E-state index in [9.17, 15) is 10.1 Å². The van der Waals surface area contributed by atoms with Gasteiger partial charge in [0.15, 0.2) is 0 Å². The number of fused-ring (bicyclic) bond motifs is 1. The number of nitro groups is 1. The highest BCUT2D eigenvalue weighted by molar-refractivity contribution is 5.93. The summed E-state index contributed by atoms with van der Waals surface area (Å²) in [6.45, 7) is 2.38. The third-order valence-corrected chi connectivity index (χ3v) is 3.25. The van der Waals surface area contributed by atoms with Gasteiger partial charge in [0.05, 0.1) is 18.1 Å². The molecule has 2 heterocycles. The number of pyridine rings is 1. The SMILES string of the molecule is Cc1ccc(NCc2ccc([N+](=O)[O-])o2)c2cccnc12. The number of nitrogens with zero attached hydrogens (tertiary/aromatic N) is 2. The lowest BCUT2D eigenvalue weighted by atomic mass is 10.1. The summed E-state index contributed by atoms with van der Waals surface area (Å²) >= 11 is 0. The van der Waals surface area contributed by atoms with Crippen molar-refractivity contribution in [3.63, 3.8) is 0 Å². The van der Waals surface area contributed by atoms with Crippen LogP contribution in [0.2, 0.25) is 0 Å². The lowest BCUT2D eigenvalue weighted by Crippen LogP contribution is -1.99. The van der Waals surface area contributed by atoms with E-state index in [1.807, 2.05) is 31.2 Å². The van der Waals surface area contributed by atoms with E-state index < -0.39 is 4.92 Å². The van der Waals surface area contributed by atoms with Crippen molar-refractivity contribution >= 4 is 22.5 Å². The molecule has 0 unspecified atom stereocenters. The van der Waals surface area contributed by atoms with Crippen LogP contribution < -0.4 is 5.32 Å². The Balaban J connectivity index is 1.85. The first-order valence-electron chi connectivity index (χ1n) is 6.46. The molecule has 106 valence electrons. The topological polar surface area (TPSA) is 81.2 Å². The van der Waals surface area contributed by atoms with Crippen molar-refractivity contribution in [2.24, 2.45) is 0 Å². The smallest absolute Gasteiger partial charge is 0.404 e. The van der Waals surface area contributed by atoms with E-state index in [0.717, 1.165) is 22.2 Å². The number of benzene rings is 1. The van der Waals surface area contributed by atoms with Crippen molar-refractivity contribution in [2.45, 2.75) is 13.5 Å². The molecule has 0 amide bonds. The van der Waals surface area contributed by atoms with E-state index in [1.54, 1.807) is 12.3 Å². The minimum absolute atomic E-state index is 0.248. The first-order chi connectivity index (χ1) is 10.1. The molecule has 0 aliphatic carbocycles. The normalized spacial score (nSPS) is 10.7. The van der Waals surface area contributed by atoms with E-state index >= 15 is 0 Å². The monoisotopic (exact) mass is 283 g/mol. The van der Waals surface area contributed by atoms with Gasteiger partial charge in [0.2, 0.25) is 0 Å². The van der Waals surface area contributed by atoms with Gasteiger partial charge in [0.1, 0.15) is 10.7 Å².